The van der Waals surface area contributed by atoms with Crippen LogP contribution in [0.15, 0.2) is 0 Å². The SMILES string of the molecule is CCN(CC)C1(C)CN(C)C(C)CC1=O. The minimum Gasteiger partial charge on any atom is -0.301 e. The zero-order valence-electron chi connectivity index (χ0n) is 10.7. The van der Waals surface area contributed by atoms with Crippen LogP contribution in [0.2, 0.25) is 0 Å². The fourth-order valence-electron chi connectivity index (χ4n) is 2.57. The van der Waals surface area contributed by atoms with E-state index in [0.717, 1.165) is 19.6 Å². The van der Waals surface area contributed by atoms with Crippen molar-refractivity contribution < 1.29 is 4.79 Å². The molecule has 1 fully saturated rings. The van der Waals surface area contributed by atoms with Crippen LogP contribution in [-0.4, -0.2) is 53.8 Å². The number of nitrogens with zero attached hydrogens (tertiary/aromatic N) is 2. The van der Waals surface area contributed by atoms with Gasteiger partial charge in [0.1, 0.15) is 0 Å². The van der Waals surface area contributed by atoms with Gasteiger partial charge in [0.2, 0.25) is 0 Å². The van der Waals surface area contributed by atoms with Crippen LogP contribution in [0.4, 0.5) is 0 Å². The molecular formula is C12H24N2O. The second-order valence-corrected chi connectivity index (χ2v) is 4.84. The van der Waals surface area contributed by atoms with Crippen molar-refractivity contribution in [2.24, 2.45) is 0 Å². The molecule has 0 aromatic rings. The number of carbonyl (C=O) groups excluding carboxylic acids is 1. The predicted molar refractivity (Wildman–Crippen MR) is 63.0 cm³/mol. The van der Waals surface area contributed by atoms with Gasteiger partial charge in [0.05, 0.1) is 5.54 Å². The molecule has 1 saturated heterocycles. The first kappa shape index (κ1) is 12.7. The Balaban J connectivity index is 2.86. The van der Waals surface area contributed by atoms with Gasteiger partial charge >= 0.3 is 0 Å². The van der Waals surface area contributed by atoms with Crippen molar-refractivity contribution in [1.29, 1.82) is 0 Å². The first-order chi connectivity index (χ1) is 6.95. The maximum atomic E-state index is 12.2. The summed E-state index contributed by atoms with van der Waals surface area (Å²) in [6.45, 7) is 11.2. The summed E-state index contributed by atoms with van der Waals surface area (Å²) < 4.78 is 0. The van der Waals surface area contributed by atoms with Gasteiger partial charge in [-0.25, -0.2) is 0 Å². The van der Waals surface area contributed by atoms with Gasteiger partial charge < -0.3 is 4.90 Å². The highest BCUT2D eigenvalue weighted by Gasteiger charge is 2.43. The lowest BCUT2D eigenvalue weighted by Gasteiger charge is -2.47. The molecule has 0 aromatic carbocycles. The molecule has 0 aliphatic carbocycles. The summed E-state index contributed by atoms with van der Waals surface area (Å²) in [7, 11) is 2.11. The number of carbonyl (C=O) groups is 1. The maximum Gasteiger partial charge on any atom is 0.155 e. The van der Waals surface area contributed by atoms with E-state index >= 15 is 0 Å². The Morgan fingerprint density at radius 3 is 2.47 bits per heavy atom. The number of likely N-dealkylation sites (N-methyl/N-ethyl adjacent to an activating group) is 2. The molecule has 3 nitrogen and oxygen atoms in total. The highest BCUT2D eigenvalue weighted by Crippen LogP contribution is 2.26. The fraction of sp³-hybridized carbons (Fsp3) is 0.917. The zero-order chi connectivity index (χ0) is 11.6. The topological polar surface area (TPSA) is 23.6 Å². The van der Waals surface area contributed by atoms with Gasteiger partial charge in [-0.15, -0.1) is 0 Å². The van der Waals surface area contributed by atoms with E-state index in [4.69, 9.17) is 0 Å². The minimum absolute atomic E-state index is 0.273. The molecule has 2 atom stereocenters. The molecule has 0 aromatic heterocycles. The van der Waals surface area contributed by atoms with Crippen LogP contribution in [0.5, 0.6) is 0 Å². The molecule has 1 aliphatic rings. The smallest absolute Gasteiger partial charge is 0.155 e. The van der Waals surface area contributed by atoms with Crippen molar-refractivity contribution in [2.75, 3.05) is 26.7 Å². The van der Waals surface area contributed by atoms with E-state index in [1.54, 1.807) is 0 Å². The lowest BCUT2D eigenvalue weighted by molar-refractivity contribution is -0.137. The second kappa shape index (κ2) is 4.62. The standard InChI is InChI=1S/C12H24N2O/c1-6-14(7-2)12(4)9-13(5)10(3)8-11(12)15/h10H,6-9H2,1-5H3. The third kappa shape index (κ3) is 2.23. The van der Waals surface area contributed by atoms with Crippen molar-refractivity contribution in [3.05, 3.63) is 0 Å². The molecular weight excluding hydrogens is 188 g/mol. The van der Waals surface area contributed by atoms with Gasteiger partial charge in [-0.05, 0) is 34.0 Å². The molecule has 3 heteroatoms. The molecule has 0 saturated carbocycles. The molecule has 88 valence electrons. The van der Waals surface area contributed by atoms with Crippen molar-refractivity contribution >= 4 is 5.78 Å². The molecule has 0 bridgehead atoms. The number of hydrogen-bond donors (Lipinski definition) is 0. The fourth-order valence-corrected chi connectivity index (χ4v) is 2.57. The van der Waals surface area contributed by atoms with Gasteiger partial charge in [-0.1, -0.05) is 13.8 Å². The minimum atomic E-state index is -0.273. The molecule has 2 unspecified atom stereocenters. The zero-order valence-corrected chi connectivity index (χ0v) is 10.7. The van der Waals surface area contributed by atoms with Crippen LogP contribution < -0.4 is 0 Å². The first-order valence-corrected chi connectivity index (χ1v) is 5.94. The Hall–Kier alpha value is -0.410. The first-order valence-electron chi connectivity index (χ1n) is 5.94. The van der Waals surface area contributed by atoms with E-state index in [-0.39, 0.29) is 5.54 Å². The van der Waals surface area contributed by atoms with Gasteiger partial charge in [0.15, 0.2) is 5.78 Å². The Bertz CT molecular complexity index is 238. The van der Waals surface area contributed by atoms with Gasteiger partial charge in [-0.2, -0.15) is 0 Å². The Kier molecular flexibility index (Phi) is 3.90. The van der Waals surface area contributed by atoms with Gasteiger partial charge in [0.25, 0.3) is 0 Å². The van der Waals surface area contributed by atoms with Crippen LogP contribution in [0.3, 0.4) is 0 Å². The Morgan fingerprint density at radius 1 is 1.47 bits per heavy atom. The summed E-state index contributed by atoms with van der Waals surface area (Å²) in [6, 6.07) is 0.390. The van der Waals surface area contributed by atoms with E-state index in [2.05, 4.69) is 44.5 Å². The Labute approximate surface area is 93.4 Å². The van der Waals surface area contributed by atoms with E-state index in [1.807, 2.05) is 0 Å². The quantitative estimate of drug-likeness (QED) is 0.706. The van der Waals surface area contributed by atoms with Crippen molar-refractivity contribution in [3.8, 4) is 0 Å². The summed E-state index contributed by atoms with van der Waals surface area (Å²) in [5.74, 6) is 0.400. The largest absolute Gasteiger partial charge is 0.301 e. The summed E-state index contributed by atoms with van der Waals surface area (Å²) in [6.07, 6.45) is 0.684. The van der Waals surface area contributed by atoms with Crippen molar-refractivity contribution in [3.63, 3.8) is 0 Å². The molecule has 1 heterocycles. The number of likely N-dealkylation sites (tertiary alicyclic amines) is 1. The van der Waals surface area contributed by atoms with Gasteiger partial charge in [-0.3, -0.25) is 9.69 Å². The van der Waals surface area contributed by atoms with E-state index in [1.165, 1.54) is 0 Å². The predicted octanol–water partition coefficient (Wildman–Crippen LogP) is 1.38. The van der Waals surface area contributed by atoms with Crippen LogP contribution in [0, 0.1) is 0 Å². The highest BCUT2D eigenvalue weighted by molar-refractivity contribution is 5.89. The molecule has 15 heavy (non-hydrogen) atoms. The maximum absolute atomic E-state index is 12.2. The second-order valence-electron chi connectivity index (χ2n) is 4.84. The van der Waals surface area contributed by atoms with E-state index in [9.17, 15) is 4.79 Å². The van der Waals surface area contributed by atoms with Crippen LogP contribution in [-0.2, 0) is 4.79 Å². The summed E-state index contributed by atoms with van der Waals surface area (Å²) >= 11 is 0. The number of hydrogen-bond acceptors (Lipinski definition) is 3. The number of Topliss-reactive ketones (excluding diaryl/α,β-unsaturated/α-hetero) is 1. The number of rotatable bonds is 3. The number of ketones is 1. The average Bonchev–Trinajstić information content (AvgIpc) is 2.17. The lowest BCUT2D eigenvalue weighted by atomic mass is 9.85. The summed E-state index contributed by atoms with van der Waals surface area (Å²) in [4.78, 5) is 16.7. The molecule has 0 spiro atoms. The lowest BCUT2D eigenvalue weighted by Crippen LogP contribution is -2.63. The Morgan fingerprint density at radius 2 is 2.00 bits per heavy atom. The monoisotopic (exact) mass is 212 g/mol. The third-order valence-corrected chi connectivity index (χ3v) is 3.85. The molecule has 1 aliphatic heterocycles. The van der Waals surface area contributed by atoms with E-state index in [0.29, 0.717) is 18.2 Å². The van der Waals surface area contributed by atoms with E-state index < -0.39 is 0 Å². The van der Waals surface area contributed by atoms with Crippen LogP contribution in [0.25, 0.3) is 0 Å². The van der Waals surface area contributed by atoms with Crippen molar-refractivity contribution in [2.45, 2.75) is 45.7 Å². The normalized spacial score (nSPS) is 33.7. The molecule has 0 N–H and O–H groups in total. The average molecular weight is 212 g/mol. The molecule has 1 rings (SSSR count). The summed E-state index contributed by atoms with van der Waals surface area (Å²) in [5, 5.41) is 0. The third-order valence-electron chi connectivity index (χ3n) is 3.85. The molecule has 0 radical (unpaired) electrons. The van der Waals surface area contributed by atoms with Crippen LogP contribution >= 0.6 is 0 Å². The van der Waals surface area contributed by atoms with Crippen molar-refractivity contribution in [1.82, 2.24) is 9.80 Å². The van der Waals surface area contributed by atoms with Crippen LogP contribution in [0.1, 0.15) is 34.1 Å². The van der Waals surface area contributed by atoms with Gasteiger partial charge in [0, 0.05) is 19.0 Å². The summed E-state index contributed by atoms with van der Waals surface area (Å²) in [5.41, 5.74) is -0.273. The highest BCUT2D eigenvalue weighted by atomic mass is 16.1. The number of piperidine rings is 1. The molecule has 0 amide bonds.